The lowest BCUT2D eigenvalue weighted by atomic mass is 10.2. The smallest absolute Gasteiger partial charge is 0.122 e. The number of thioether (sulfide) groups is 1. The first-order chi connectivity index (χ1) is 7.41. The number of nitrogens with two attached hydrogens (primary N) is 1. The largest absolute Gasteiger partial charge is 0.392 e. The summed E-state index contributed by atoms with van der Waals surface area (Å²) in [6, 6.07) is 5.24. The van der Waals surface area contributed by atoms with Crippen LogP contribution in [0, 0.1) is 5.41 Å². The van der Waals surface area contributed by atoms with Crippen LogP contribution >= 0.6 is 23.4 Å². The number of benzene rings is 1. The second-order valence-electron chi connectivity index (χ2n) is 3.62. The number of nitrogen functional groups attached to an aromatic ring is 1. The highest BCUT2D eigenvalue weighted by Gasteiger charge is 2.13. The number of aliphatic hydroxyl groups is 1. The Labute approximate surface area is 105 Å². The summed E-state index contributed by atoms with van der Waals surface area (Å²) in [5, 5.41) is 17.3. The van der Waals surface area contributed by atoms with Gasteiger partial charge in [0.15, 0.2) is 0 Å². The number of hydrogen-bond acceptors (Lipinski definition) is 3. The summed E-state index contributed by atoms with van der Waals surface area (Å²) in [7, 11) is 0. The molecule has 0 saturated heterocycles. The van der Waals surface area contributed by atoms with Gasteiger partial charge in [-0.2, -0.15) is 0 Å². The zero-order valence-corrected chi connectivity index (χ0v) is 10.8. The summed E-state index contributed by atoms with van der Waals surface area (Å²) in [6.45, 7) is 3.68. The fourth-order valence-corrected chi connectivity index (χ4v) is 2.29. The molecule has 0 spiro atoms. The van der Waals surface area contributed by atoms with E-state index in [0.717, 1.165) is 4.90 Å². The van der Waals surface area contributed by atoms with E-state index in [9.17, 15) is 5.11 Å². The Kier molecular flexibility index (Phi) is 4.65. The molecular formula is C11H15ClN2OS. The fraction of sp³-hybridized carbons (Fsp3) is 0.364. The van der Waals surface area contributed by atoms with Gasteiger partial charge in [-0.15, -0.1) is 11.8 Å². The van der Waals surface area contributed by atoms with Gasteiger partial charge < -0.3 is 10.8 Å². The SMILES string of the molecule is CC(O)C(C)Sc1ccc(C(=N)N)cc1Cl. The van der Waals surface area contributed by atoms with Crippen LogP contribution in [0.5, 0.6) is 0 Å². The molecule has 4 N–H and O–H groups in total. The number of hydrogen-bond donors (Lipinski definition) is 3. The minimum atomic E-state index is -0.395. The lowest BCUT2D eigenvalue weighted by molar-refractivity contribution is 0.196. The third kappa shape index (κ3) is 3.40. The molecule has 0 saturated carbocycles. The molecule has 88 valence electrons. The maximum atomic E-state index is 9.40. The van der Waals surface area contributed by atoms with Gasteiger partial charge in [0.1, 0.15) is 5.84 Å². The second-order valence-corrected chi connectivity index (χ2v) is 5.45. The summed E-state index contributed by atoms with van der Waals surface area (Å²) >= 11 is 7.57. The van der Waals surface area contributed by atoms with Crippen molar-refractivity contribution in [3.8, 4) is 0 Å². The molecule has 1 rings (SSSR count). The van der Waals surface area contributed by atoms with Crippen LogP contribution in [0.25, 0.3) is 0 Å². The van der Waals surface area contributed by atoms with Crippen LogP contribution in [0.1, 0.15) is 19.4 Å². The maximum absolute atomic E-state index is 9.40. The molecule has 0 bridgehead atoms. The molecule has 2 unspecified atom stereocenters. The zero-order valence-electron chi connectivity index (χ0n) is 9.20. The van der Waals surface area contributed by atoms with Gasteiger partial charge in [-0.25, -0.2) is 0 Å². The molecular weight excluding hydrogens is 244 g/mol. The van der Waals surface area contributed by atoms with Crippen molar-refractivity contribution in [2.24, 2.45) is 5.73 Å². The van der Waals surface area contributed by atoms with Gasteiger partial charge in [0, 0.05) is 15.7 Å². The van der Waals surface area contributed by atoms with Crippen molar-refractivity contribution in [3.05, 3.63) is 28.8 Å². The van der Waals surface area contributed by atoms with Gasteiger partial charge in [0.2, 0.25) is 0 Å². The molecule has 0 heterocycles. The molecule has 0 fully saturated rings. The molecule has 0 aliphatic carbocycles. The van der Waals surface area contributed by atoms with E-state index in [2.05, 4.69) is 0 Å². The molecule has 3 nitrogen and oxygen atoms in total. The van der Waals surface area contributed by atoms with Crippen LogP contribution in [0.3, 0.4) is 0 Å². The highest BCUT2D eigenvalue weighted by molar-refractivity contribution is 8.00. The van der Waals surface area contributed by atoms with E-state index in [-0.39, 0.29) is 11.1 Å². The molecule has 1 aromatic rings. The Balaban J connectivity index is 2.87. The number of amidine groups is 1. The van der Waals surface area contributed by atoms with E-state index in [1.54, 1.807) is 19.1 Å². The predicted molar refractivity (Wildman–Crippen MR) is 69.5 cm³/mol. The first-order valence-corrected chi connectivity index (χ1v) is 6.16. The van der Waals surface area contributed by atoms with Gasteiger partial charge in [0.25, 0.3) is 0 Å². The van der Waals surface area contributed by atoms with Crippen LogP contribution in [0.4, 0.5) is 0 Å². The summed E-state index contributed by atoms with van der Waals surface area (Å²) in [6.07, 6.45) is -0.395. The van der Waals surface area contributed by atoms with E-state index < -0.39 is 6.10 Å². The molecule has 1 aromatic carbocycles. The third-order valence-corrected chi connectivity index (χ3v) is 4.04. The molecule has 5 heteroatoms. The Morgan fingerprint density at radius 2 is 2.12 bits per heavy atom. The van der Waals surface area contributed by atoms with Gasteiger partial charge in [0.05, 0.1) is 11.1 Å². The topological polar surface area (TPSA) is 70.1 Å². The van der Waals surface area contributed by atoms with Crippen molar-refractivity contribution in [2.75, 3.05) is 0 Å². The quantitative estimate of drug-likeness (QED) is 0.441. The van der Waals surface area contributed by atoms with Crippen molar-refractivity contribution in [3.63, 3.8) is 0 Å². The highest BCUT2D eigenvalue weighted by atomic mass is 35.5. The van der Waals surface area contributed by atoms with Gasteiger partial charge in [-0.1, -0.05) is 24.6 Å². The summed E-state index contributed by atoms with van der Waals surface area (Å²) < 4.78 is 0. The minimum Gasteiger partial charge on any atom is -0.392 e. The number of nitrogens with one attached hydrogen (secondary N) is 1. The van der Waals surface area contributed by atoms with E-state index >= 15 is 0 Å². The molecule has 0 aliphatic rings. The molecule has 0 aromatic heterocycles. The highest BCUT2D eigenvalue weighted by Crippen LogP contribution is 2.32. The van der Waals surface area contributed by atoms with Crippen LogP contribution < -0.4 is 5.73 Å². The third-order valence-electron chi connectivity index (χ3n) is 2.24. The average molecular weight is 259 g/mol. The summed E-state index contributed by atoms with van der Waals surface area (Å²) in [4.78, 5) is 0.889. The predicted octanol–water partition coefficient (Wildman–Crippen LogP) is 2.49. The fourth-order valence-electron chi connectivity index (χ4n) is 1.06. The normalized spacial score (nSPS) is 14.5. The van der Waals surface area contributed by atoms with Gasteiger partial charge in [-0.05, 0) is 19.1 Å². The summed E-state index contributed by atoms with van der Waals surface area (Å²) in [5.74, 6) is 0.00187. The first kappa shape index (κ1) is 13.4. The Bertz CT molecular complexity index is 396. The van der Waals surface area contributed by atoms with Crippen LogP contribution in [0.2, 0.25) is 5.02 Å². The van der Waals surface area contributed by atoms with Crippen molar-refractivity contribution in [1.82, 2.24) is 0 Å². The zero-order chi connectivity index (χ0) is 12.3. The van der Waals surface area contributed by atoms with E-state index in [0.29, 0.717) is 10.6 Å². The number of halogens is 1. The molecule has 16 heavy (non-hydrogen) atoms. The lowest BCUT2D eigenvalue weighted by Crippen LogP contribution is -2.15. The van der Waals surface area contributed by atoms with Crippen molar-refractivity contribution in [1.29, 1.82) is 5.41 Å². The van der Waals surface area contributed by atoms with Crippen molar-refractivity contribution in [2.45, 2.75) is 30.1 Å². The van der Waals surface area contributed by atoms with E-state index in [4.69, 9.17) is 22.7 Å². The average Bonchev–Trinajstić information content (AvgIpc) is 2.20. The Hall–Kier alpha value is -0.710. The molecule has 0 amide bonds. The monoisotopic (exact) mass is 258 g/mol. The summed E-state index contributed by atoms with van der Waals surface area (Å²) in [5.41, 5.74) is 5.97. The number of rotatable bonds is 4. The van der Waals surface area contributed by atoms with E-state index in [1.165, 1.54) is 11.8 Å². The van der Waals surface area contributed by atoms with Crippen molar-refractivity contribution >= 4 is 29.2 Å². The van der Waals surface area contributed by atoms with E-state index in [1.807, 2.05) is 13.0 Å². The molecule has 0 radical (unpaired) electrons. The van der Waals surface area contributed by atoms with Crippen LogP contribution in [0.15, 0.2) is 23.1 Å². The van der Waals surface area contributed by atoms with Gasteiger partial charge >= 0.3 is 0 Å². The Morgan fingerprint density at radius 1 is 1.50 bits per heavy atom. The lowest BCUT2D eigenvalue weighted by Gasteiger charge is -2.15. The minimum absolute atomic E-state index is 0.00187. The van der Waals surface area contributed by atoms with Gasteiger partial charge in [-0.3, -0.25) is 5.41 Å². The first-order valence-electron chi connectivity index (χ1n) is 4.90. The Morgan fingerprint density at radius 3 is 2.56 bits per heavy atom. The standard InChI is InChI=1S/C11H15ClN2OS/c1-6(15)7(2)16-10-4-3-8(11(13)14)5-9(10)12/h3-7,15H,1-2H3,(H3,13,14). The van der Waals surface area contributed by atoms with Crippen molar-refractivity contribution < 1.29 is 5.11 Å². The van der Waals surface area contributed by atoms with Crippen LogP contribution in [-0.2, 0) is 0 Å². The maximum Gasteiger partial charge on any atom is 0.122 e. The molecule has 0 aliphatic heterocycles. The second kappa shape index (κ2) is 5.57. The number of aliphatic hydroxyl groups excluding tert-OH is 1. The van der Waals surface area contributed by atoms with Crippen LogP contribution in [-0.4, -0.2) is 22.3 Å². The molecule has 2 atom stereocenters.